The maximum atomic E-state index is 14.5. The van der Waals surface area contributed by atoms with Gasteiger partial charge in [0.15, 0.2) is 0 Å². The maximum absolute atomic E-state index is 14.5. The van der Waals surface area contributed by atoms with Crippen molar-refractivity contribution in [1.29, 1.82) is 0 Å². The van der Waals surface area contributed by atoms with E-state index in [-0.39, 0.29) is 5.82 Å². The molecule has 0 bridgehead atoms. The second kappa shape index (κ2) is 7.13. The van der Waals surface area contributed by atoms with Crippen molar-refractivity contribution in [2.75, 3.05) is 0 Å². The van der Waals surface area contributed by atoms with E-state index in [2.05, 4.69) is 44.2 Å². The van der Waals surface area contributed by atoms with Gasteiger partial charge in [-0.3, -0.25) is 15.1 Å². The van der Waals surface area contributed by atoms with Gasteiger partial charge in [-0.25, -0.2) is 4.39 Å². The van der Waals surface area contributed by atoms with Crippen LogP contribution in [0.1, 0.15) is 5.56 Å². The highest BCUT2D eigenvalue weighted by Crippen LogP contribution is 2.35. The first kappa shape index (κ1) is 18.4. The topological polar surface area (TPSA) is 70.2 Å². The van der Waals surface area contributed by atoms with Crippen molar-refractivity contribution >= 4 is 21.8 Å². The third-order valence-corrected chi connectivity index (χ3v) is 5.85. The van der Waals surface area contributed by atoms with Gasteiger partial charge in [0, 0.05) is 46.0 Å². The van der Waals surface area contributed by atoms with Gasteiger partial charge < -0.3 is 4.98 Å². The molecule has 0 saturated carbocycles. The Hall–Kier alpha value is -4.32. The van der Waals surface area contributed by atoms with Crippen LogP contribution < -0.4 is 0 Å². The average Bonchev–Trinajstić information content (AvgIpc) is 3.43. The molecular formula is C26H18FN5. The van der Waals surface area contributed by atoms with E-state index in [1.807, 2.05) is 36.5 Å². The molecule has 4 heterocycles. The molecule has 6 aromatic rings. The molecule has 2 aromatic carbocycles. The van der Waals surface area contributed by atoms with Gasteiger partial charge in [-0.1, -0.05) is 18.2 Å². The summed E-state index contributed by atoms with van der Waals surface area (Å²) in [4.78, 5) is 12.2. The molecule has 5 nitrogen and oxygen atoms in total. The van der Waals surface area contributed by atoms with Crippen molar-refractivity contribution in [3.8, 4) is 33.8 Å². The first-order chi connectivity index (χ1) is 15.7. The Bertz CT molecular complexity index is 1610. The van der Waals surface area contributed by atoms with Crippen molar-refractivity contribution in [2.45, 2.75) is 6.92 Å². The molecule has 0 aliphatic carbocycles. The first-order valence-electron chi connectivity index (χ1n) is 10.3. The second-order valence-electron chi connectivity index (χ2n) is 7.81. The van der Waals surface area contributed by atoms with Gasteiger partial charge in [0.25, 0.3) is 0 Å². The number of nitrogens with one attached hydrogen (secondary N) is 2. The highest BCUT2D eigenvalue weighted by molar-refractivity contribution is 6.00. The summed E-state index contributed by atoms with van der Waals surface area (Å²) in [5.74, 6) is -0.294. The van der Waals surface area contributed by atoms with Gasteiger partial charge in [0.05, 0.1) is 16.9 Å². The number of halogens is 1. The van der Waals surface area contributed by atoms with E-state index in [0.29, 0.717) is 11.3 Å². The van der Waals surface area contributed by atoms with Crippen LogP contribution in [0.4, 0.5) is 4.39 Å². The van der Waals surface area contributed by atoms with Crippen molar-refractivity contribution in [3.63, 3.8) is 0 Å². The normalized spacial score (nSPS) is 11.4. The molecule has 32 heavy (non-hydrogen) atoms. The van der Waals surface area contributed by atoms with Crippen LogP contribution in [0.2, 0.25) is 0 Å². The van der Waals surface area contributed by atoms with Crippen LogP contribution in [0, 0.1) is 12.7 Å². The van der Waals surface area contributed by atoms with Gasteiger partial charge in [-0.15, -0.1) is 0 Å². The largest absolute Gasteiger partial charge is 0.353 e. The summed E-state index contributed by atoms with van der Waals surface area (Å²) in [6.07, 6.45) is 5.37. The third-order valence-electron chi connectivity index (χ3n) is 5.85. The molecule has 6 rings (SSSR count). The molecule has 0 atom stereocenters. The van der Waals surface area contributed by atoms with E-state index >= 15 is 0 Å². The van der Waals surface area contributed by atoms with Gasteiger partial charge in [0.1, 0.15) is 11.5 Å². The lowest BCUT2D eigenvalue weighted by atomic mass is 10.0. The number of hydrogen-bond acceptors (Lipinski definition) is 3. The standard InChI is InChI=1S/C26H18FN5/c1-15-8-10-28-14-20(15)16-6-7-23-18(12-16)26(32-31-23)24-13-19-22(30-24)9-11-29-25(19)17-4-2-3-5-21(17)27/h2-14,30H,1H3,(H,31,32). The number of aromatic amines is 2. The minimum absolute atomic E-state index is 0.294. The molecule has 4 aromatic heterocycles. The zero-order valence-corrected chi connectivity index (χ0v) is 17.2. The summed E-state index contributed by atoms with van der Waals surface area (Å²) in [5.41, 5.74) is 7.88. The van der Waals surface area contributed by atoms with Crippen LogP contribution in [-0.2, 0) is 0 Å². The molecular weight excluding hydrogens is 401 g/mol. The Morgan fingerprint density at radius 1 is 0.812 bits per heavy atom. The highest BCUT2D eigenvalue weighted by Gasteiger charge is 2.16. The maximum Gasteiger partial charge on any atom is 0.132 e. The number of H-pyrrole nitrogens is 2. The monoisotopic (exact) mass is 419 g/mol. The van der Waals surface area contributed by atoms with E-state index in [1.165, 1.54) is 6.07 Å². The van der Waals surface area contributed by atoms with Gasteiger partial charge in [0.2, 0.25) is 0 Å². The molecule has 0 spiro atoms. The Balaban J connectivity index is 1.53. The lowest BCUT2D eigenvalue weighted by Gasteiger charge is -2.05. The first-order valence-corrected chi connectivity index (χ1v) is 10.3. The quantitative estimate of drug-likeness (QED) is 0.354. The number of benzene rings is 2. The lowest BCUT2D eigenvalue weighted by molar-refractivity contribution is 0.631. The highest BCUT2D eigenvalue weighted by atomic mass is 19.1. The van der Waals surface area contributed by atoms with Crippen molar-refractivity contribution in [2.24, 2.45) is 0 Å². The van der Waals surface area contributed by atoms with E-state index < -0.39 is 0 Å². The minimum atomic E-state index is -0.294. The smallest absolute Gasteiger partial charge is 0.132 e. The summed E-state index contributed by atoms with van der Waals surface area (Å²) in [6, 6.07) is 18.8. The van der Waals surface area contributed by atoms with E-state index in [0.717, 1.165) is 49.9 Å². The molecule has 0 fully saturated rings. The number of hydrogen-bond donors (Lipinski definition) is 2. The number of fused-ring (bicyclic) bond motifs is 2. The molecule has 0 aliphatic rings. The van der Waals surface area contributed by atoms with E-state index in [9.17, 15) is 4.39 Å². The summed E-state index contributed by atoms with van der Waals surface area (Å²) >= 11 is 0. The summed E-state index contributed by atoms with van der Waals surface area (Å²) < 4.78 is 14.5. The second-order valence-corrected chi connectivity index (χ2v) is 7.81. The number of rotatable bonds is 3. The van der Waals surface area contributed by atoms with Crippen molar-refractivity contribution < 1.29 is 4.39 Å². The molecule has 154 valence electrons. The molecule has 6 heteroatoms. The van der Waals surface area contributed by atoms with Gasteiger partial charge in [-0.05, 0) is 60.5 Å². The number of aryl methyl sites for hydroxylation is 1. The van der Waals surface area contributed by atoms with E-state index in [1.54, 1.807) is 24.5 Å². The molecule has 0 unspecified atom stereocenters. The van der Waals surface area contributed by atoms with Crippen molar-refractivity contribution in [3.05, 3.63) is 90.6 Å². The lowest BCUT2D eigenvalue weighted by Crippen LogP contribution is -1.87. The third kappa shape index (κ3) is 2.88. The zero-order valence-electron chi connectivity index (χ0n) is 17.2. The summed E-state index contributed by atoms with van der Waals surface area (Å²) in [6.45, 7) is 2.08. The van der Waals surface area contributed by atoms with Crippen LogP contribution in [-0.4, -0.2) is 25.1 Å². The van der Waals surface area contributed by atoms with Crippen LogP contribution in [0.5, 0.6) is 0 Å². The number of nitrogens with zero attached hydrogens (tertiary/aromatic N) is 3. The Morgan fingerprint density at radius 3 is 2.56 bits per heavy atom. The molecule has 0 aliphatic heterocycles. The van der Waals surface area contributed by atoms with Gasteiger partial charge in [-0.2, -0.15) is 5.10 Å². The minimum Gasteiger partial charge on any atom is -0.353 e. The molecule has 2 N–H and O–H groups in total. The predicted octanol–water partition coefficient (Wildman–Crippen LogP) is 6.28. The number of aromatic nitrogens is 5. The fourth-order valence-corrected chi connectivity index (χ4v) is 4.20. The molecule has 0 saturated heterocycles. The molecule has 0 radical (unpaired) electrons. The van der Waals surface area contributed by atoms with Crippen molar-refractivity contribution in [1.82, 2.24) is 25.1 Å². The zero-order chi connectivity index (χ0) is 21.7. The van der Waals surface area contributed by atoms with Gasteiger partial charge >= 0.3 is 0 Å². The predicted molar refractivity (Wildman–Crippen MR) is 125 cm³/mol. The Kier molecular flexibility index (Phi) is 4.11. The van der Waals surface area contributed by atoms with E-state index in [4.69, 9.17) is 0 Å². The van der Waals surface area contributed by atoms with Crippen LogP contribution in [0.15, 0.2) is 79.3 Å². The Morgan fingerprint density at radius 2 is 1.69 bits per heavy atom. The summed E-state index contributed by atoms with van der Waals surface area (Å²) in [5, 5.41) is 9.54. The fraction of sp³-hybridized carbons (Fsp3) is 0.0385. The summed E-state index contributed by atoms with van der Waals surface area (Å²) in [7, 11) is 0. The van der Waals surface area contributed by atoms with Crippen LogP contribution in [0.25, 0.3) is 55.6 Å². The fourth-order valence-electron chi connectivity index (χ4n) is 4.20. The van der Waals surface area contributed by atoms with Crippen LogP contribution >= 0.6 is 0 Å². The molecule has 0 amide bonds. The SMILES string of the molecule is Cc1ccncc1-c1ccc2[nH]nc(-c3cc4c(-c5ccccc5F)nccc4[nH]3)c2c1. The van der Waals surface area contributed by atoms with Crippen LogP contribution in [0.3, 0.4) is 0 Å². The Labute approximate surface area is 183 Å². The number of pyridine rings is 2. The average molecular weight is 419 g/mol.